The highest BCUT2D eigenvalue weighted by atomic mass is 16.1. The molecule has 0 radical (unpaired) electrons. The Kier molecular flexibility index (Phi) is 7.97. The van der Waals surface area contributed by atoms with Gasteiger partial charge in [0.05, 0.1) is 5.52 Å². The van der Waals surface area contributed by atoms with E-state index in [2.05, 4.69) is 76.8 Å². The lowest BCUT2D eigenvalue weighted by Crippen LogP contribution is -2.43. The number of piperidine rings is 1. The van der Waals surface area contributed by atoms with Crippen LogP contribution in [0.15, 0.2) is 59.5 Å². The number of carbonyl (C=O) groups is 1. The van der Waals surface area contributed by atoms with Crippen LogP contribution < -0.4 is 10.9 Å². The Morgan fingerprint density at radius 3 is 2.42 bits per heavy atom. The Bertz CT molecular complexity index is 1580. The third kappa shape index (κ3) is 5.36. The number of benzene rings is 1. The van der Waals surface area contributed by atoms with Crippen molar-refractivity contribution in [1.82, 2.24) is 24.5 Å². The molecular weight excluding hydrogens is 498 g/mol. The molecule has 1 aliphatic rings. The molecule has 7 nitrogen and oxygen atoms in total. The number of carbonyl (C=O) groups excluding carboxylic acids is 1. The van der Waals surface area contributed by atoms with E-state index in [1.807, 2.05) is 44.2 Å². The second-order valence-corrected chi connectivity index (χ2v) is 11.5. The zero-order chi connectivity index (χ0) is 28.6. The van der Waals surface area contributed by atoms with E-state index in [9.17, 15) is 9.59 Å². The first-order valence-corrected chi connectivity index (χ1v) is 14.2. The number of aromatic amines is 1. The van der Waals surface area contributed by atoms with Crippen LogP contribution in [0.4, 0.5) is 0 Å². The number of pyridine rings is 2. The lowest BCUT2D eigenvalue weighted by Gasteiger charge is -2.39. The average molecular weight is 540 g/mol. The van der Waals surface area contributed by atoms with Crippen LogP contribution in [0, 0.1) is 20.8 Å². The van der Waals surface area contributed by atoms with Gasteiger partial charge < -0.3 is 19.6 Å². The quantitative estimate of drug-likeness (QED) is 0.337. The lowest BCUT2D eigenvalue weighted by molar-refractivity contribution is 0.0948. The molecule has 1 amide bonds. The fraction of sp³-hybridized carbons (Fsp3) is 0.394. The number of amides is 1. The van der Waals surface area contributed by atoms with Crippen LogP contribution in [0.3, 0.4) is 0 Å². The van der Waals surface area contributed by atoms with E-state index in [0.717, 1.165) is 65.1 Å². The van der Waals surface area contributed by atoms with E-state index < -0.39 is 0 Å². The topological polar surface area (TPSA) is 72.9 Å². The zero-order valence-corrected chi connectivity index (χ0v) is 24.5. The fourth-order valence-corrected chi connectivity index (χ4v) is 6.31. The van der Waals surface area contributed by atoms with Gasteiger partial charge in [-0.05, 0) is 89.5 Å². The van der Waals surface area contributed by atoms with Gasteiger partial charge >= 0.3 is 0 Å². The maximum atomic E-state index is 13.8. The number of aryl methyl sites for hydroxylation is 2. The predicted molar refractivity (Wildman–Crippen MR) is 162 cm³/mol. The summed E-state index contributed by atoms with van der Waals surface area (Å²) in [6.07, 6.45) is 4.40. The van der Waals surface area contributed by atoms with Crippen molar-refractivity contribution < 1.29 is 4.79 Å². The minimum atomic E-state index is -0.167. The SMILES string of the molecule is Cc1cc(C)c(CNC(=O)c2cc3c(-c4ccccc4)ccn3c(C(C)N3CCC(N(C)C)CC3)c2C)c(=O)[nH]1. The summed E-state index contributed by atoms with van der Waals surface area (Å²) in [4.78, 5) is 34.1. The monoisotopic (exact) mass is 539 g/mol. The van der Waals surface area contributed by atoms with Crippen LogP contribution in [-0.2, 0) is 6.54 Å². The molecule has 0 saturated carbocycles. The van der Waals surface area contributed by atoms with Crippen molar-refractivity contribution in [3.8, 4) is 11.1 Å². The van der Waals surface area contributed by atoms with E-state index in [-0.39, 0.29) is 24.1 Å². The molecule has 1 fully saturated rings. The minimum Gasteiger partial charge on any atom is -0.348 e. The average Bonchev–Trinajstić information content (AvgIpc) is 3.35. The van der Waals surface area contributed by atoms with Gasteiger partial charge in [0.25, 0.3) is 11.5 Å². The first-order valence-electron chi connectivity index (χ1n) is 14.2. The molecule has 40 heavy (non-hydrogen) atoms. The molecule has 1 aromatic carbocycles. The van der Waals surface area contributed by atoms with Gasteiger partial charge in [-0.3, -0.25) is 14.5 Å². The van der Waals surface area contributed by atoms with Crippen LogP contribution in [0.25, 0.3) is 16.6 Å². The first-order chi connectivity index (χ1) is 19.2. The van der Waals surface area contributed by atoms with Gasteiger partial charge in [-0.15, -0.1) is 0 Å². The summed E-state index contributed by atoms with van der Waals surface area (Å²) < 4.78 is 2.27. The Hall–Kier alpha value is -3.68. The van der Waals surface area contributed by atoms with Gasteiger partial charge in [0.1, 0.15) is 0 Å². The molecule has 4 aromatic rings. The first kappa shape index (κ1) is 27.9. The molecule has 0 aliphatic carbocycles. The van der Waals surface area contributed by atoms with Crippen LogP contribution in [0.1, 0.15) is 64.2 Å². The van der Waals surface area contributed by atoms with Gasteiger partial charge in [0, 0.05) is 66.0 Å². The summed E-state index contributed by atoms with van der Waals surface area (Å²) in [5.74, 6) is -0.167. The molecule has 2 N–H and O–H groups in total. The number of hydrogen-bond acceptors (Lipinski definition) is 4. The summed E-state index contributed by atoms with van der Waals surface area (Å²) in [5, 5.41) is 3.05. The molecule has 1 atom stereocenters. The molecule has 3 aromatic heterocycles. The van der Waals surface area contributed by atoms with Crippen LogP contribution in [-0.4, -0.2) is 58.3 Å². The number of H-pyrrole nitrogens is 1. The molecule has 210 valence electrons. The Balaban J connectivity index is 1.55. The van der Waals surface area contributed by atoms with Crippen LogP contribution in [0.2, 0.25) is 0 Å². The number of nitrogens with one attached hydrogen (secondary N) is 2. The van der Waals surface area contributed by atoms with Gasteiger partial charge in [-0.1, -0.05) is 30.3 Å². The van der Waals surface area contributed by atoms with Gasteiger partial charge in [-0.2, -0.15) is 0 Å². The Morgan fingerprint density at radius 1 is 1.07 bits per heavy atom. The van der Waals surface area contributed by atoms with E-state index in [1.165, 1.54) is 0 Å². The van der Waals surface area contributed by atoms with E-state index in [0.29, 0.717) is 17.2 Å². The van der Waals surface area contributed by atoms with Crippen LogP contribution in [0.5, 0.6) is 0 Å². The summed E-state index contributed by atoms with van der Waals surface area (Å²) >= 11 is 0. The second kappa shape index (κ2) is 11.4. The Morgan fingerprint density at radius 2 is 1.77 bits per heavy atom. The highest BCUT2D eigenvalue weighted by Gasteiger charge is 2.28. The molecule has 1 aliphatic heterocycles. The molecule has 0 bridgehead atoms. The normalized spacial score (nSPS) is 15.6. The number of nitrogens with zero attached hydrogens (tertiary/aromatic N) is 3. The largest absolute Gasteiger partial charge is 0.348 e. The summed E-state index contributed by atoms with van der Waals surface area (Å²) in [6, 6.07) is 17.1. The van der Waals surface area contributed by atoms with Gasteiger partial charge in [-0.25, -0.2) is 0 Å². The van der Waals surface area contributed by atoms with Gasteiger partial charge in [0.2, 0.25) is 0 Å². The van der Waals surface area contributed by atoms with E-state index in [4.69, 9.17) is 0 Å². The molecule has 0 spiro atoms. The third-order valence-electron chi connectivity index (χ3n) is 8.68. The number of rotatable bonds is 7. The zero-order valence-electron chi connectivity index (χ0n) is 24.5. The third-order valence-corrected chi connectivity index (χ3v) is 8.68. The maximum absolute atomic E-state index is 13.8. The van der Waals surface area contributed by atoms with Crippen LogP contribution >= 0.6 is 0 Å². The van der Waals surface area contributed by atoms with Crippen molar-refractivity contribution in [1.29, 1.82) is 0 Å². The lowest BCUT2D eigenvalue weighted by atomic mass is 9.96. The number of aromatic nitrogens is 2. The standard InChI is InChI=1S/C33H41N5O2/c1-21-18-22(2)35-33(40)29(21)20-34-32(39)28-19-30-27(25-10-8-7-9-11-25)14-17-38(30)31(23(28)3)24(4)37-15-12-26(13-16-37)36(5)6/h7-11,14,17-19,24,26H,12-13,15-16,20H2,1-6H3,(H,34,39)(H,35,40). The summed E-state index contributed by atoms with van der Waals surface area (Å²) in [7, 11) is 4.33. The van der Waals surface area contributed by atoms with Crippen molar-refractivity contribution in [3.63, 3.8) is 0 Å². The van der Waals surface area contributed by atoms with Crippen molar-refractivity contribution in [2.75, 3.05) is 27.2 Å². The van der Waals surface area contributed by atoms with Crippen molar-refractivity contribution >= 4 is 11.4 Å². The predicted octanol–water partition coefficient (Wildman–Crippen LogP) is 5.24. The van der Waals surface area contributed by atoms with Crippen molar-refractivity contribution in [2.24, 2.45) is 0 Å². The molecule has 1 saturated heterocycles. The summed E-state index contributed by atoms with van der Waals surface area (Å²) in [5.41, 5.74) is 8.10. The number of fused-ring (bicyclic) bond motifs is 1. The molecule has 4 heterocycles. The Labute approximate surface area is 236 Å². The molecule has 7 heteroatoms. The molecule has 1 unspecified atom stereocenters. The van der Waals surface area contributed by atoms with Crippen molar-refractivity contribution in [3.05, 3.63) is 98.7 Å². The fourth-order valence-electron chi connectivity index (χ4n) is 6.31. The smallest absolute Gasteiger partial charge is 0.253 e. The number of hydrogen-bond donors (Lipinski definition) is 2. The highest BCUT2D eigenvalue weighted by molar-refractivity contribution is 5.98. The molecular formula is C33H41N5O2. The summed E-state index contributed by atoms with van der Waals surface area (Å²) in [6.45, 7) is 10.3. The van der Waals surface area contributed by atoms with E-state index in [1.54, 1.807) is 0 Å². The highest BCUT2D eigenvalue weighted by Crippen LogP contribution is 2.34. The van der Waals surface area contributed by atoms with E-state index >= 15 is 0 Å². The minimum absolute atomic E-state index is 0.136. The number of likely N-dealkylation sites (tertiary alicyclic amines) is 1. The van der Waals surface area contributed by atoms with Crippen molar-refractivity contribution in [2.45, 2.75) is 59.2 Å². The second-order valence-electron chi connectivity index (χ2n) is 11.5. The van der Waals surface area contributed by atoms with Gasteiger partial charge in [0.15, 0.2) is 0 Å². The maximum Gasteiger partial charge on any atom is 0.253 e. The molecule has 5 rings (SSSR count).